The normalized spacial score (nSPS) is 12.8. The van der Waals surface area contributed by atoms with Crippen LogP contribution in [0.2, 0.25) is 0 Å². The maximum atomic E-state index is 3.96. The highest BCUT2D eigenvalue weighted by Crippen LogP contribution is 2.21. The molecule has 17 heavy (non-hydrogen) atoms. The van der Waals surface area contributed by atoms with Gasteiger partial charge in [0.05, 0.1) is 11.7 Å². The molecule has 4 nitrogen and oxygen atoms in total. The van der Waals surface area contributed by atoms with Crippen LogP contribution in [0.25, 0.3) is 10.9 Å². The van der Waals surface area contributed by atoms with Gasteiger partial charge in [-0.1, -0.05) is 0 Å². The van der Waals surface area contributed by atoms with Gasteiger partial charge >= 0.3 is 0 Å². The van der Waals surface area contributed by atoms with Crippen molar-refractivity contribution in [2.75, 3.05) is 5.32 Å². The summed E-state index contributed by atoms with van der Waals surface area (Å²) in [5.41, 5.74) is 3.35. The summed E-state index contributed by atoms with van der Waals surface area (Å²) in [5.74, 6) is 0. The van der Waals surface area contributed by atoms with Crippen molar-refractivity contribution >= 4 is 16.6 Å². The van der Waals surface area contributed by atoms with Gasteiger partial charge in [-0.3, -0.25) is 5.10 Å². The Morgan fingerprint density at radius 2 is 2.18 bits per heavy atom. The van der Waals surface area contributed by atoms with Crippen molar-refractivity contribution in [2.24, 2.45) is 0 Å². The summed E-state index contributed by atoms with van der Waals surface area (Å²) in [5, 5.41) is 11.6. The second-order valence-corrected chi connectivity index (χ2v) is 4.16. The molecular weight excluding hydrogens is 212 g/mol. The number of aromatic amines is 2. The first-order valence-corrected chi connectivity index (χ1v) is 5.66. The van der Waals surface area contributed by atoms with Gasteiger partial charge in [0.15, 0.2) is 0 Å². The van der Waals surface area contributed by atoms with E-state index in [1.165, 1.54) is 5.39 Å². The first-order valence-electron chi connectivity index (χ1n) is 5.66. The molecule has 0 amide bonds. The van der Waals surface area contributed by atoms with E-state index >= 15 is 0 Å². The Labute approximate surface area is 99.1 Å². The lowest BCUT2D eigenvalue weighted by molar-refractivity contribution is 0.826. The number of fused-ring (bicyclic) bond motifs is 1. The third kappa shape index (κ3) is 1.89. The first-order chi connectivity index (χ1) is 8.33. The molecule has 0 aliphatic rings. The third-order valence-corrected chi connectivity index (χ3v) is 2.93. The van der Waals surface area contributed by atoms with Crippen molar-refractivity contribution in [3.05, 3.63) is 48.4 Å². The molecule has 1 unspecified atom stereocenters. The predicted molar refractivity (Wildman–Crippen MR) is 68.9 cm³/mol. The van der Waals surface area contributed by atoms with Crippen LogP contribution in [0.1, 0.15) is 18.7 Å². The molecule has 4 heteroatoms. The fraction of sp³-hybridized carbons (Fsp3) is 0.154. The Kier molecular flexibility index (Phi) is 2.33. The molecule has 0 spiro atoms. The van der Waals surface area contributed by atoms with Gasteiger partial charge in [-0.2, -0.15) is 5.10 Å². The van der Waals surface area contributed by atoms with Crippen LogP contribution >= 0.6 is 0 Å². The minimum absolute atomic E-state index is 0.217. The number of rotatable bonds is 3. The number of aromatic nitrogens is 3. The Morgan fingerprint density at radius 1 is 1.24 bits per heavy atom. The van der Waals surface area contributed by atoms with Crippen LogP contribution in [0.3, 0.4) is 0 Å². The van der Waals surface area contributed by atoms with E-state index in [1.54, 1.807) is 6.20 Å². The maximum absolute atomic E-state index is 3.96. The Bertz CT molecular complexity index is 609. The lowest BCUT2D eigenvalue weighted by atomic mass is 10.2. The minimum Gasteiger partial charge on any atom is -0.377 e. The van der Waals surface area contributed by atoms with Crippen LogP contribution in [0.15, 0.2) is 42.7 Å². The molecule has 1 atom stereocenters. The van der Waals surface area contributed by atoms with Gasteiger partial charge in [0.25, 0.3) is 0 Å². The zero-order valence-electron chi connectivity index (χ0n) is 9.57. The fourth-order valence-electron chi connectivity index (χ4n) is 1.98. The average molecular weight is 226 g/mol. The smallest absolute Gasteiger partial charge is 0.0651 e. The number of nitrogens with one attached hydrogen (secondary N) is 3. The van der Waals surface area contributed by atoms with Gasteiger partial charge in [0, 0.05) is 29.0 Å². The zero-order chi connectivity index (χ0) is 11.7. The van der Waals surface area contributed by atoms with E-state index in [0.717, 1.165) is 16.9 Å². The lowest BCUT2D eigenvalue weighted by Gasteiger charge is -2.13. The molecule has 0 saturated carbocycles. The van der Waals surface area contributed by atoms with E-state index in [1.807, 2.05) is 12.3 Å². The van der Waals surface area contributed by atoms with E-state index < -0.39 is 0 Å². The topological polar surface area (TPSA) is 56.5 Å². The Hall–Kier alpha value is -2.23. The Balaban J connectivity index is 1.84. The molecular formula is C13H14N4. The maximum Gasteiger partial charge on any atom is 0.0651 e. The van der Waals surface area contributed by atoms with Crippen molar-refractivity contribution in [2.45, 2.75) is 13.0 Å². The van der Waals surface area contributed by atoms with E-state index in [-0.39, 0.29) is 6.04 Å². The van der Waals surface area contributed by atoms with Crippen LogP contribution < -0.4 is 5.32 Å². The van der Waals surface area contributed by atoms with E-state index in [9.17, 15) is 0 Å². The van der Waals surface area contributed by atoms with E-state index in [4.69, 9.17) is 0 Å². The molecule has 86 valence electrons. The van der Waals surface area contributed by atoms with Gasteiger partial charge < -0.3 is 10.3 Å². The third-order valence-electron chi connectivity index (χ3n) is 2.93. The molecule has 0 aliphatic heterocycles. The highest BCUT2D eigenvalue weighted by molar-refractivity contribution is 5.83. The number of hydrogen-bond donors (Lipinski definition) is 3. The molecule has 3 N–H and O–H groups in total. The lowest BCUT2D eigenvalue weighted by Crippen LogP contribution is -2.06. The van der Waals surface area contributed by atoms with Crippen molar-refractivity contribution in [3.63, 3.8) is 0 Å². The molecule has 0 radical (unpaired) electrons. The van der Waals surface area contributed by atoms with Crippen LogP contribution in [0, 0.1) is 0 Å². The fourth-order valence-corrected chi connectivity index (χ4v) is 1.98. The summed E-state index contributed by atoms with van der Waals surface area (Å²) in [6, 6.07) is 10.6. The zero-order valence-corrected chi connectivity index (χ0v) is 9.57. The summed E-state index contributed by atoms with van der Waals surface area (Å²) in [6.45, 7) is 2.11. The van der Waals surface area contributed by atoms with Crippen LogP contribution in [0.4, 0.5) is 5.69 Å². The average Bonchev–Trinajstić information content (AvgIpc) is 2.99. The standard InChI is InChI=1S/C13H14N4/c1-9(12-5-7-15-17-12)16-11-2-3-13-10(8-11)4-6-14-13/h2-9,14,16H,1H3,(H,15,17). The van der Waals surface area contributed by atoms with Gasteiger partial charge in [0.1, 0.15) is 0 Å². The second kappa shape index (κ2) is 3.97. The largest absolute Gasteiger partial charge is 0.377 e. The number of nitrogens with zero attached hydrogens (tertiary/aromatic N) is 1. The van der Waals surface area contributed by atoms with Crippen LogP contribution in [-0.2, 0) is 0 Å². The SMILES string of the molecule is CC(Nc1ccc2[nH]ccc2c1)c1ccn[nH]1. The second-order valence-electron chi connectivity index (χ2n) is 4.16. The first kappa shape index (κ1) is 9.96. The molecule has 3 aromatic rings. The minimum atomic E-state index is 0.217. The molecule has 2 aromatic heterocycles. The predicted octanol–water partition coefficient (Wildman–Crippen LogP) is 3.06. The Morgan fingerprint density at radius 3 is 3.00 bits per heavy atom. The number of anilines is 1. The van der Waals surface area contributed by atoms with Gasteiger partial charge in [-0.25, -0.2) is 0 Å². The summed E-state index contributed by atoms with van der Waals surface area (Å²) in [4.78, 5) is 3.18. The molecule has 3 rings (SSSR count). The summed E-state index contributed by atoms with van der Waals surface area (Å²) in [6.07, 6.45) is 3.72. The van der Waals surface area contributed by atoms with E-state index in [0.29, 0.717) is 0 Å². The number of benzene rings is 1. The van der Waals surface area contributed by atoms with Gasteiger partial charge in [-0.05, 0) is 37.3 Å². The number of hydrogen-bond acceptors (Lipinski definition) is 2. The highest BCUT2D eigenvalue weighted by Gasteiger charge is 2.06. The monoisotopic (exact) mass is 226 g/mol. The van der Waals surface area contributed by atoms with E-state index in [2.05, 4.69) is 51.7 Å². The molecule has 0 saturated heterocycles. The summed E-state index contributed by atoms with van der Waals surface area (Å²) < 4.78 is 0. The molecule has 0 fully saturated rings. The number of H-pyrrole nitrogens is 2. The molecule has 0 bridgehead atoms. The molecule has 2 heterocycles. The van der Waals surface area contributed by atoms with Crippen molar-refractivity contribution in [3.8, 4) is 0 Å². The van der Waals surface area contributed by atoms with Crippen molar-refractivity contribution in [1.82, 2.24) is 15.2 Å². The van der Waals surface area contributed by atoms with Crippen LogP contribution in [-0.4, -0.2) is 15.2 Å². The van der Waals surface area contributed by atoms with Crippen molar-refractivity contribution < 1.29 is 0 Å². The molecule has 1 aromatic carbocycles. The van der Waals surface area contributed by atoms with Gasteiger partial charge in [-0.15, -0.1) is 0 Å². The van der Waals surface area contributed by atoms with Crippen LogP contribution in [0.5, 0.6) is 0 Å². The highest BCUT2D eigenvalue weighted by atomic mass is 15.1. The molecule has 0 aliphatic carbocycles. The van der Waals surface area contributed by atoms with Crippen molar-refractivity contribution in [1.29, 1.82) is 0 Å². The quantitative estimate of drug-likeness (QED) is 0.642. The summed E-state index contributed by atoms with van der Waals surface area (Å²) in [7, 11) is 0. The summed E-state index contributed by atoms with van der Waals surface area (Å²) >= 11 is 0. The van der Waals surface area contributed by atoms with Gasteiger partial charge in [0.2, 0.25) is 0 Å².